The Morgan fingerprint density at radius 1 is 1.41 bits per heavy atom. The molecule has 9 heteroatoms. The lowest BCUT2D eigenvalue weighted by atomic mass is 10.3. The molecule has 3 aromatic rings. The van der Waals surface area contributed by atoms with E-state index in [4.69, 9.17) is 0 Å². The first-order valence-electron chi connectivity index (χ1n) is 6.32. The van der Waals surface area contributed by atoms with Gasteiger partial charge in [-0.1, -0.05) is 23.0 Å². The first-order chi connectivity index (χ1) is 10.6. The van der Waals surface area contributed by atoms with Crippen molar-refractivity contribution < 1.29 is 9.18 Å². The number of hydrogen-bond acceptors (Lipinski definition) is 6. The van der Waals surface area contributed by atoms with E-state index >= 15 is 0 Å². The minimum absolute atomic E-state index is 0.124. The SMILES string of the molecule is Cn1nnc2c(SCC(=O)Nc3cccc(F)c3)ncnc21. The maximum absolute atomic E-state index is 13.1. The second-order valence-electron chi connectivity index (χ2n) is 4.41. The number of carbonyl (C=O) groups is 1. The molecular weight excluding hydrogens is 307 g/mol. The van der Waals surface area contributed by atoms with Crippen LogP contribution >= 0.6 is 11.8 Å². The molecule has 0 radical (unpaired) electrons. The number of amides is 1. The Hall–Kier alpha value is -2.55. The van der Waals surface area contributed by atoms with Crippen molar-refractivity contribution in [3.63, 3.8) is 0 Å². The third-order valence-corrected chi connectivity index (χ3v) is 3.78. The molecule has 22 heavy (non-hydrogen) atoms. The van der Waals surface area contributed by atoms with Crippen molar-refractivity contribution in [1.82, 2.24) is 25.0 Å². The van der Waals surface area contributed by atoms with E-state index in [0.29, 0.717) is 21.9 Å². The summed E-state index contributed by atoms with van der Waals surface area (Å²) in [7, 11) is 1.73. The highest BCUT2D eigenvalue weighted by atomic mass is 32.2. The van der Waals surface area contributed by atoms with Crippen LogP contribution in [-0.4, -0.2) is 36.6 Å². The van der Waals surface area contributed by atoms with Crippen LogP contribution in [0.15, 0.2) is 35.6 Å². The Balaban J connectivity index is 1.67. The van der Waals surface area contributed by atoms with Crippen LogP contribution in [0.25, 0.3) is 11.2 Å². The zero-order valence-corrected chi connectivity index (χ0v) is 12.3. The van der Waals surface area contributed by atoms with E-state index < -0.39 is 5.82 Å². The number of aryl methyl sites for hydroxylation is 1. The van der Waals surface area contributed by atoms with Gasteiger partial charge in [0.25, 0.3) is 0 Å². The summed E-state index contributed by atoms with van der Waals surface area (Å²) in [6, 6.07) is 5.73. The van der Waals surface area contributed by atoms with Gasteiger partial charge in [0.05, 0.1) is 5.75 Å². The molecule has 0 aliphatic heterocycles. The van der Waals surface area contributed by atoms with Crippen molar-refractivity contribution in [3.05, 3.63) is 36.4 Å². The zero-order chi connectivity index (χ0) is 15.5. The van der Waals surface area contributed by atoms with Crippen LogP contribution in [0.1, 0.15) is 0 Å². The topological polar surface area (TPSA) is 85.6 Å². The molecule has 0 spiro atoms. The second kappa shape index (κ2) is 6.06. The van der Waals surface area contributed by atoms with Crippen LogP contribution < -0.4 is 5.32 Å². The number of nitrogens with one attached hydrogen (secondary N) is 1. The minimum atomic E-state index is -0.400. The van der Waals surface area contributed by atoms with E-state index in [2.05, 4.69) is 25.6 Å². The maximum atomic E-state index is 13.1. The van der Waals surface area contributed by atoms with Crippen molar-refractivity contribution >= 4 is 34.5 Å². The van der Waals surface area contributed by atoms with E-state index in [9.17, 15) is 9.18 Å². The van der Waals surface area contributed by atoms with Gasteiger partial charge in [0.2, 0.25) is 5.91 Å². The van der Waals surface area contributed by atoms with E-state index in [1.165, 1.54) is 41.0 Å². The molecule has 7 nitrogen and oxygen atoms in total. The third kappa shape index (κ3) is 3.03. The Bertz CT molecular complexity index is 836. The molecule has 0 fully saturated rings. The van der Waals surface area contributed by atoms with E-state index in [0.717, 1.165) is 0 Å². The predicted molar refractivity (Wildman–Crippen MR) is 79.9 cm³/mol. The number of benzene rings is 1. The molecule has 0 saturated carbocycles. The molecule has 2 heterocycles. The number of halogens is 1. The molecule has 1 amide bonds. The molecule has 112 valence electrons. The van der Waals surface area contributed by atoms with Gasteiger partial charge in [0, 0.05) is 12.7 Å². The monoisotopic (exact) mass is 318 g/mol. The van der Waals surface area contributed by atoms with Crippen LogP contribution in [0.4, 0.5) is 10.1 Å². The number of rotatable bonds is 4. The van der Waals surface area contributed by atoms with Gasteiger partial charge in [-0.05, 0) is 18.2 Å². The molecule has 0 atom stereocenters. The Morgan fingerprint density at radius 3 is 3.09 bits per heavy atom. The van der Waals surface area contributed by atoms with Crippen LogP contribution in [0.3, 0.4) is 0 Å². The van der Waals surface area contributed by atoms with Gasteiger partial charge in [-0.15, -0.1) is 5.10 Å². The molecule has 0 bridgehead atoms. The number of hydrogen-bond donors (Lipinski definition) is 1. The minimum Gasteiger partial charge on any atom is -0.325 e. The Labute approximate surface area is 128 Å². The molecule has 3 rings (SSSR count). The molecule has 0 unspecified atom stereocenters. The van der Waals surface area contributed by atoms with Crippen molar-refractivity contribution in [2.24, 2.45) is 7.05 Å². The largest absolute Gasteiger partial charge is 0.325 e. The lowest BCUT2D eigenvalue weighted by Crippen LogP contribution is -2.14. The van der Waals surface area contributed by atoms with Gasteiger partial charge in [0.1, 0.15) is 17.2 Å². The first-order valence-corrected chi connectivity index (χ1v) is 7.30. The van der Waals surface area contributed by atoms with Gasteiger partial charge in [0.15, 0.2) is 11.2 Å². The van der Waals surface area contributed by atoms with Crippen molar-refractivity contribution in [2.75, 3.05) is 11.1 Å². The molecular formula is C13H11FN6OS. The highest BCUT2D eigenvalue weighted by Gasteiger charge is 2.12. The predicted octanol–water partition coefficient (Wildman–Crippen LogP) is 1.63. The maximum Gasteiger partial charge on any atom is 0.234 e. The number of fused-ring (bicyclic) bond motifs is 1. The van der Waals surface area contributed by atoms with Crippen molar-refractivity contribution in [1.29, 1.82) is 0 Å². The lowest BCUT2D eigenvalue weighted by molar-refractivity contribution is -0.113. The summed E-state index contributed by atoms with van der Waals surface area (Å²) in [5.74, 6) is -0.534. The number of aromatic nitrogens is 5. The average molecular weight is 318 g/mol. The van der Waals surface area contributed by atoms with Gasteiger partial charge < -0.3 is 5.32 Å². The van der Waals surface area contributed by atoms with Gasteiger partial charge >= 0.3 is 0 Å². The molecule has 0 aliphatic rings. The highest BCUT2D eigenvalue weighted by Crippen LogP contribution is 2.22. The zero-order valence-electron chi connectivity index (χ0n) is 11.5. The summed E-state index contributed by atoms with van der Waals surface area (Å²) in [6.07, 6.45) is 1.40. The van der Waals surface area contributed by atoms with Crippen molar-refractivity contribution in [3.8, 4) is 0 Å². The van der Waals surface area contributed by atoms with Gasteiger partial charge in [-0.2, -0.15) is 0 Å². The smallest absolute Gasteiger partial charge is 0.234 e. The Morgan fingerprint density at radius 2 is 2.27 bits per heavy atom. The van der Waals surface area contributed by atoms with Gasteiger partial charge in [-0.25, -0.2) is 19.0 Å². The first kappa shape index (κ1) is 14.4. The lowest BCUT2D eigenvalue weighted by Gasteiger charge is -2.05. The Kier molecular flexibility index (Phi) is 3.96. The van der Waals surface area contributed by atoms with Crippen LogP contribution in [0.2, 0.25) is 0 Å². The van der Waals surface area contributed by atoms with Crippen LogP contribution in [0, 0.1) is 5.82 Å². The van der Waals surface area contributed by atoms with Gasteiger partial charge in [-0.3, -0.25) is 4.79 Å². The fraction of sp³-hybridized carbons (Fsp3) is 0.154. The fourth-order valence-electron chi connectivity index (χ4n) is 1.84. The van der Waals surface area contributed by atoms with Crippen LogP contribution in [0.5, 0.6) is 0 Å². The normalized spacial score (nSPS) is 10.8. The number of thioether (sulfide) groups is 1. The molecule has 2 aromatic heterocycles. The quantitative estimate of drug-likeness (QED) is 0.581. The molecule has 1 aromatic carbocycles. The third-order valence-electron chi connectivity index (χ3n) is 2.80. The van der Waals surface area contributed by atoms with Crippen molar-refractivity contribution in [2.45, 2.75) is 5.03 Å². The average Bonchev–Trinajstić information content (AvgIpc) is 2.87. The summed E-state index contributed by atoms with van der Waals surface area (Å²) >= 11 is 1.22. The summed E-state index contributed by atoms with van der Waals surface area (Å²) in [6.45, 7) is 0. The van der Waals surface area contributed by atoms with E-state index in [1.807, 2.05) is 0 Å². The van der Waals surface area contributed by atoms with E-state index in [-0.39, 0.29) is 11.7 Å². The highest BCUT2D eigenvalue weighted by molar-refractivity contribution is 8.00. The second-order valence-corrected chi connectivity index (χ2v) is 5.38. The fourth-order valence-corrected chi connectivity index (χ4v) is 2.57. The number of anilines is 1. The number of nitrogens with zero attached hydrogens (tertiary/aromatic N) is 5. The van der Waals surface area contributed by atoms with E-state index in [1.54, 1.807) is 13.1 Å². The summed E-state index contributed by atoms with van der Waals surface area (Å²) in [5, 5.41) is 11.0. The summed E-state index contributed by atoms with van der Waals surface area (Å²) < 4.78 is 14.6. The summed E-state index contributed by atoms with van der Waals surface area (Å²) in [5.41, 5.74) is 1.56. The number of carbonyl (C=O) groups excluding carboxylic acids is 1. The standard InChI is InChI=1S/C13H11FN6OS/c1-20-12-11(18-19-20)13(16-7-15-12)22-6-10(21)17-9-4-2-3-8(14)5-9/h2-5,7H,6H2,1H3,(H,17,21). The molecule has 0 saturated heterocycles. The molecule has 1 N–H and O–H groups in total. The summed E-state index contributed by atoms with van der Waals surface area (Å²) in [4.78, 5) is 20.1. The molecule has 0 aliphatic carbocycles. The van der Waals surface area contributed by atoms with Crippen LogP contribution in [-0.2, 0) is 11.8 Å².